The Morgan fingerprint density at radius 1 is 1.42 bits per heavy atom. The molecule has 3 heteroatoms. The van der Waals surface area contributed by atoms with Gasteiger partial charge in [-0.25, -0.2) is 0 Å². The number of hydrogen-bond acceptors (Lipinski definition) is 3. The van der Waals surface area contributed by atoms with Gasteiger partial charge in [0.05, 0.1) is 6.10 Å². The van der Waals surface area contributed by atoms with Gasteiger partial charge in [0.15, 0.2) is 0 Å². The highest BCUT2D eigenvalue weighted by Crippen LogP contribution is 2.31. The number of aliphatic hydroxyl groups is 1. The zero-order chi connectivity index (χ0) is 13.8. The number of hydrogen-bond donors (Lipinski definition) is 1. The van der Waals surface area contributed by atoms with Crippen LogP contribution in [0.4, 0.5) is 5.69 Å². The SMILES string of the molecule is COCCC(C)C(O)c1ccc2c(c1)CCCN2C. The molecule has 1 aliphatic heterocycles. The first-order valence-electron chi connectivity index (χ1n) is 7.14. The summed E-state index contributed by atoms with van der Waals surface area (Å²) in [6.45, 7) is 3.90. The molecule has 0 fully saturated rings. The van der Waals surface area contributed by atoms with Crippen LogP contribution < -0.4 is 4.90 Å². The van der Waals surface area contributed by atoms with E-state index in [1.54, 1.807) is 7.11 Å². The predicted octanol–water partition coefficient (Wildman–Crippen LogP) is 2.78. The van der Waals surface area contributed by atoms with Gasteiger partial charge in [-0.1, -0.05) is 19.1 Å². The molecule has 1 aromatic carbocycles. The lowest BCUT2D eigenvalue weighted by molar-refractivity contribution is 0.0885. The van der Waals surface area contributed by atoms with Crippen molar-refractivity contribution in [2.24, 2.45) is 5.92 Å². The third-order valence-corrected chi connectivity index (χ3v) is 4.11. The lowest BCUT2D eigenvalue weighted by atomic mass is 9.91. The van der Waals surface area contributed by atoms with E-state index < -0.39 is 6.10 Å². The van der Waals surface area contributed by atoms with Gasteiger partial charge in [0.1, 0.15) is 0 Å². The molecule has 0 amide bonds. The summed E-state index contributed by atoms with van der Waals surface area (Å²) in [7, 11) is 3.84. The fourth-order valence-corrected chi connectivity index (χ4v) is 2.78. The minimum Gasteiger partial charge on any atom is -0.388 e. The average Bonchev–Trinajstić information content (AvgIpc) is 2.43. The summed E-state index contributed by atoms with van der Waals surface area (Å²) >= 11 is 0. The summed E-state index contributed by atoms with van der Waals surface area (Å²) in [4.78, 5) is 2.29. The monoisotopic (exact) mass is 263 g/mol. The van der Waals surface area contributed by atoms with Crippen LogP contribution >= 0.6 is 0 Å². The Labute approximate surface area is 116 Å². The van der Waals surface area contributed by atoms with Gasteiger partial charge in [-0.15, -0.1) is 0 Å². The number of aryl methyl sites for hydroxylation is 1. The molecular weight excluding hydrogens is 238 g/mol. The number of rotatable bonds is 5. The number of fused-ring (bicyclic) bond motifs is 1. The van der Waals surface area contributed by atoms with Crippen LogP contribution in [-0.2, 0) is 11.2 Å². The minimum absolute atomic E-state index is 0.222. The van der Waals surface area contributed by atoms with Gasteiger partial charge in [-0.2, -0.15) is 0 Å². The zero-order valence-electron chi connectivity index (χ0n) is 12.2. The maximum atomic E-state index is 10.4. The van der Waals surface area contributed by atoms with Gasteiger partial charge in [0, 0.05) is 33.0 Å². The Morgan fingerprint density at radius 3 is 2.95 bits per heavy atom. The topological polar surface area (TPSA) is 32.7 Å². The van der Waals surface area contributed by atoms with Gasteiger partial charge in [-0.3, -0.25) is 0 Å². The van der Waals surface area contributed by atoms with Crippen molar-refractivity contribution in [1.29, 1.82) is 0 Å². The van der Waals surface area contributed by atoms with Crippen LogP contribution in [0.3, 0.4) is 0 Å². The van der Waals surface area contributed by atoms with Crippen molar-refractivity contribution in [3.63, 3.8) is 0 Å². The third-order valence-electron chi connectivity index (χ3n) is 4.11. The van der Waals surface area contributed by atoms with Crippen LogP contribution in [-0.4, -0.2) is 32.4 Å². The van der Waals surface area contributed by atoms with Crippen LogP contribution in [0.2, 0.25) is 0 Å². The van der Waals surface area contributed by atoms with Gasteiger partial charge >= 0.3 is 0 Å². The lowest BCUT2D eigenvalue weighted by Crippen LogP contribution is -2.25. The molecule has 0 saturated heterocycles. The van der Waals surface area contributed by atoms with E-state index in [1.807, 2.05) is 0 Å². The summed E-state index contributed by atoms with van der Waals surface area (Å²) in [6, 6.07) is 6.39. The molecule has 1 heterocycles. The van der Waals surface area contributed by atoms with Crippen molar-refractivity contribution < 1.29 is 9.84 Å². The second-order valence-corrected chi connectivity index (χ2v) is 5.62. The highest BCUT2D eigenvalue weighted by atomic mass is 16.5. The molecule has 0 spiro atoms. The number of nitrogens with zero attached hydrogens (tertiary/aromatic N) is 1. The number of anilines is 1. The van der Waals surface area contributed by atoms with Crippen molar-refractivity contribution >= 4 is 5.69 Å². The van der Waals surface area contributed by atoms with Gasteiger partial charge < -0.3 is 14.7 Å². The van der Waals surface area contributed by atoms with Crippen molar-refractivity contribution in [1.82, 2.24) is 0 Å². The first-order valence-corrected chi connectivity index (χ1v) is 7.14. The summed E-state index contributed by atoms with van der Waals surface area (Å²) < 4.78 is 5.09. The van der Waals surface area contributed by atoms with E-state index in [-0.39, 0.29) is 5.92 Å². The molecule has 2 atom stereocenters. The Morgan fingerprint density at radius 2 is 2.21 bits per heavy atom. The molecule has 0 saturated carbocycles. The van der Waals surface area contributed by atoms with Crippen LogP contribution in [0.25, 0.3) is 0 Å². The molecule has 3 nitrogen and oxygen atoms in total. The van der Waals surface area contributed by atoms with E-state index in [9.17, 15) is 5.11 Å². The van der Waals surface area contributed by atoms with Gasteiger partial charge in [-0.05, 0) is 42.4 Å². The number of aliphatic hydroxyl groups excluding tert-OH is 1. The molecule has 19 heavy (non-hydrogen) atoms. The maximum absolute atomic E-state index is 10.4. The summed E-state index contributed by atoms with van der Waals surface area (Å²) in [5.74, 6) is 0.222. The van der Waals surface area contributed by atoms with Gasteiger partial charge in [0.2, 0.25) is 0 Å². The van der Waals surface area contributed by atoms with E-state index in [4.69, 9.17) is 4.74 Å². The zero-order valence-corrected chi connectivity index (χ0v) is 12.2. The Bertz CT molecular complexity index is 419. The minimum atomic E-state index is -0.396. The average molecular weight is 263 g/mol. The fraction of sp³-hybridized carbons (Fsp3) is 0.625. The molecule has 0 aliphatic carbocycles. The molecule has 0 bridgehead atoms. The number of methoxy groups -OCH3 is 1. The molecular formula is C16H25NO2. The van der Waals surface area contributed by atoms with E-state index in [0.717, 1.165) is 24.9 Å². The second-order valence-electron chi connectivity index (χ2n) is 5.62. The highest BCUT2D eigenvalue weighted by molar-refractivity contribution is 5.56. The van der Waals surface area contributed by atoms with Crippen molar-refractivity contribution in [3.8, 4) is 0 Å². The van der Waals surface area contributed by atoms with Crippen molar-refractivity contribution in [3.05, 3.63) is 29.3 Å². The summed E-state index contributed by atoms with van der Waals surface area (Å²) in [5.41, 5.74) is 3.72. The van der Waals surface area contributed by atoms with Crippen molar-refractivity contribution in [2.45, 2.75) is 32.3 Å². The molecule has 1 aromatic rings. The molecule has 0 radical (unpaired) electrons. The normalized spacial score (nSPS) is 18.0. The van der Waals surface area contributed by atoms with Crippen molar-refractivity contribution in [2.75, 3.05) is 32.2 Å². The first-order chi connectivity index (χ1) is 9.13. The van der Waals surface area contributed by atoms with E-state index in [0.29, 0.717) is 6.61 Å². The standard InChI is InChI=1S/C16H25NO2/c1-12(8-10-19-3)16(18)14-6-7-15-13(11-14)5-4-9-17(15)2/h6-7,11-12,16,18H,4-5,8-10H2,1-3H3. The molecule has 106 valence electrons. The van der Waals surface area contributed by atoms with Crippen LogP contribution in [0.15, 0.2) is 18.2 Å². The Kier molecular flexibility index (Phi) is 4.83. The highest BCUT2D eigenvalue weighted by Gasteiger charge is 2.19. The fourth-order valence-electron chi connectivity index (χ4n) is 2.78. The largest absolute Gasteiger partial charge is 0.388 e. The van der Waals surface area contributed by atoms with Gasteiger partial charge in [0.25, 0.3) is 0 Å². The predicted molar refractivity (Wildman–Crippen MR) is 78.6 cm³/mol. The summed E-state index contributed by atoms with van der Waals surface area (Å²) in [5, 5.41) is 10.4. The lowest BCUT2D eigenvalue weighted by Gasteiger charge is -2.29. The molecule has 2 rings (SSSR count). The quantitative estimate of drug-likeness (QED) is 0.886. The molecule has 2 unspecified atom stereocenters. The third kappa shape index (κ3) is 3.28. The van der Waals surface area contributed by atoms with E-state index >= 15 is 0 Å². The molecule has 1 aliphatic rings. The maximum Gasteiger partial charge on any atom is 0.0816 e. The molecule has 1 N–H and O–H groups in total. The summed E-state index contributed by atoms with van der Waals surface area (Å²) in [6.07, 6.45) is 2.80. The smallest absolute Gasteiger partial charge is 0.0816 e. The molecule has 0 aromatic heterocycles. The Hall–Kier alpha value is -1.06. The van der Waals surface area contributed by atoms with Crippen LogP contribution in [0.1, 0.15) is 37.0 Å². The van der Waals surface area contributed by atoms with E-state index in [1.165, 1.54) is 17.7 Å². The van der Waals surface area contributed by atoms with Crippen LogP contribution in [0.5, 0.6) is 0 Å². The number of ether oxygens (including phenoxy) is 1. The Balaban J connectivity index is 2.12. The first kappa shape index (κ1) is 14.4. The van der Waals surface area contributed by atoms with Crippen LogP contribution in [0, 0.1) is 5.92 Å². The number of benzene rings is 1. The van der Waals surface area contributed by atoms with E-state index in [2.05, 4.69) is 37.1 Å². The second kappa shape index (κ2) is 6.40.